The lowest BCUT2D eigenvalue weighted by atomic mass is 9.89. The lowest BCUT2D eigenvalue weighted by molar-refractivity contribution is -0.118. The summed E-state index contributed by atoms with van der Waals surface area (Å²) < 4.78 is 10.9. The second-order valence-electron chi connectivity index (χ2n) is 6.78. The third-order valence-corrected chi connectivity index (χ3v) is 5.91. The Morgan fingerprint density at radius 1 is 1.37 bits per heavy atom. The Morgan fingerprint density at radius 3 is 3.11 bits per heavy atom. The number of thiophene rings is 1. The number of benzene rings is 1. The zero-order valence-corrected chi connectivity index (χ0v) is 16.1. The van der Waals surface area contributed by atoms with E-state index in [1.54, 1.807) is 30.6 Å². The number of amides is 1. The van der Waals surface area contributed by atoms with Crippen molar-refractivity contribution in [2.24, 2.45) is 5.92 Å². The minimum absolute atomic E-state index is 0.107. The van der Waals surface area contributed by atoms with E-state index in [1.165, 1.54) is 16.8 Å². The molecule has 1 N–H and O–H groups in total. The number of hydrogen-bond donors (Lipinski definition) is 1. The molecular formula is C20H21N3O3S. The number of nitrogens with one attached hydrogen (secondary N) is 1. The molecule has 2 heterocycles. The van der Waals surface area contributed by atoms with E-state index in [0.717, 1.165) is 29.5 Å². The number of hydrogen-bond acceptors (Lipinski definition) is 6. The van der Waals surface area contributed by atoms with Crippen molar-refractivity contribution in [1.29, 1.82) is 0 Å². The fourth-order valence-corrected chi connectivity index (χ4v) is 4.73. The van der Waals surface area contributed by atoms with Crippen molar-refractivity contribution < 1.29 is 14.3 Å². The third-order valence-electron chi connectivity index (χ3n) is 4.75. The van der Waals surface area contributed by atoms with Gasteiger partial charge in [0, 0.05) is 16.6 Å². The van der Waals surface area contributed by atoms with Crippen LogP contribution in [-0.4, -0.2) is 29.6 Å². The molecule has 1 aromatic carbocycles. The second kappa shape index (κ2) is 7.52. The van der Waals surface area contributed by atoms with Gasteiger partial charge in [0.05, 0.1) is 12.5 Å². The van der Waals surface area contributed by atoms with Gasteiger partial charge in [-0.25, -0.2) is 9.97 Å². The molecule has 0 saturated heterocycles. The van der Waals surface area contributed by atoms with Gasteiger partial charge in [-0.1, -0.05) is 13.0 Å². The predicted octanol–water partition coefficient (Wildman–Crippen LogP) is 3.84. The van der Waals surface area contributed by atoms with Crippen LogP contribution in [0, 0.1) is 5.92 Å². The van der Waals surface area contributed by atoms with Crippen molar-refractivity contribution in [1.82, 2.24) is 9.97 Å². The number of aryl methyl sites for hydroxylation is 1. The fourth-order valence-electron chi connectivity index (χ4n) is 3.39. The van der Waals surface area contributed by atoms with Gasteiger partial charge in [-0.3, -0.25) is 4.79 Å². The molecule has 0 fully saturated rings. The number of aromatic nitrogens is 2. The van der Waals surface area contributed by atoms with Crippen LogP contribution in [0.3, 0.4) is 0 Å². The van der Waals surface area contributed by atoms with Crippen molar-refractivity contribution in [3.05, 3.63) is 41.0 Å². The third kappa shape index (κ3) is 3.73. The Morgan fingerprint density at radius 2 is 2.26 bits per heavy atom. The monoisotopic (exact) mass is 383 g/mol. The Balaban J connectivity index is 1.49. The average molecular weight is 383 g/mol. The van der Waals surface area contributed by atoms with E-state index in [1.807, 2.05) is 12.1 Å². The van der Waals surface area contributed by atoms with Crippen molar-refractivity contribution in [3.8, 4) is 11.6 Å². The van der Waals surface area contributed by atoms with E-state index < -0.39 is 0 Å². The number of nitrogens with zero attached hydrogens (tertiary/aromatic N) is 2. The molecule has 0 aliphatic heterocycles. The first-order valence-electron chi connectivity index (χ1n) is 8.96. The van der Waals surface area contributed by atoms with Gasteiger partial charge < -0.3 is 14.8 Å². The molecule has 3 aromatic rings. The Labute approximate surface area is 161 Å². The quantitative estimate of drug-likeness (QED) is 0.725. The van der Waals surface area contributed by atoms with Crippen LogP contribution in [0.4, 0.5) is 5.69 Å². The highest BCUT2D eigenvalue weighted by Gasteiger charge is 2.23. The van der Waals surface area contributed by atoms with E-state index >= 15 is 0 Å². The first kappa shape index (κ1) is 17.7. The van der Waals surface area contributed by atoms with Crippen molar-refractivity contribution >= 4 is 33.1 Å². The van der Waals surface area contributed by atoms with E-state index in [2.05, 4.69) is 22.2 Å². The summed E-state index contributed by atoms with van der Waals surface area (Å²) in [6, 6.07) is 7.21. The summed E-state index contributed by atoms with van der Waals surface area (Å²) in [5.74, 6) is 1.63. The summed E-state index contributed by atoms with van der Waals surface area (Å²) in [5.41, 5.74) is 1.95. The van der Waals surface area contributed by atoms with Crippen LogP contribution in [0.15, 0.2) is 30.6 Å². The van der Waals surface area contributed by atoms with E-state index in [9.17, 15) is 4.79 Å². The maximum absolute atomic E-state index is 12.3. The van der Waals surface area contributed by atoms with Gasteiger partial charge in [0.15, 0.2) is 6.61 Å². The molecule has 27 heavy (non-hydrogen) atoms. The van der Waals surface area contributed by atoms with Crippen LogP contribution < -0.4 is 14.8 Å². The average Bonchev–Trinajstić information content (AvgIpc) is 3.04. The van der Waals surface area contributed by atoms with Crippen LogP contribution in [-0.2, 0) is 17.6 Å². The Kier molecular flexibility index (Phi) is 4.94. The number of carbonyl (C=O) groups is 1. The number of anilines is 1. The molecule has 4 rings (SSSR count). The standard InChI is InChI=1S/C20H21N3O3S/c1-12-6-7-15-16(8-12)27-20-18(15)19(21-11-22-20)26-10-17(24)23-13-4-3-5-14(9-13)25-2/h3-5,9,11-12H,6-8,10H2,1-2H3,(H,23,24). The molecule has 140 valence electrons. The molecule has 0 radical (unpaired) electrons. The molecule has 1 atom stereocenters. The predicted molar refractivity (Wildman–Crippen MR) is 106 cm³/mol. The van der Waals surface area contributed by atoms with Gasteiger partial charge in [-0.05, 0) is 42.9 Å². The molecular weight excluding hydrogens is 362 g/mol. The highest BCUT2D eigenvalue weighted by Crippen LogP contribution is 2.40. The summed E-state index contributed by atoms with van der Waals surface area (Å²) in [6.45, 7) is 2.17. The summed E-state index contributed by atoms with van der Waals surface area (Å²) >= 11 is 1.71. The van der Waals surface area contributed by atoms with Gasteiger partial charge in [-0.2, -0.15) is 0 Å². The molecule has 0 spiro atoms. The molecule has 7 heteroatoms. The first-order valence-corrected chi connectivity index (χ1v) is 9.77. The topological polar surface area (TPSA) is 73.3 Å². The van der Waals surface area contributed by atoms with Crippen LogP contribution in [0.5, 0.6) is 11.6 Å². The maximum Gasteiger partial charge on any atom is 0.262 e. The summed E-state index contributed by atoms with van der Waals surface area (Å²) in [5, 5.41) is 3.78. The molecule has 6 nitrogen and oxygen atoms in total. The number of ether oxygens (including phenoxy) is 2. The normalized spacial score (nSPS) is 16.0. The van der Waals surface area contributed by atoms with Crippen LogP contribution in [0.2, 0.25) is 0 Å². The number of rotatable bonds is 5. The Bertz CT molecular complexity index is 986. The van der Waals surface area contributed by atoms with E-state index in [4.69, 9.17) is 9.47 Å². The SMILES string of the molecule is COc1cccc(NC(=O)COc2ncnc3sc4c(c23)CCC(C)C4)c1. The molecule has 1 unspecified atom stereocenters. The zero-order chi connectivity index (χ0) is 18.8. The summed E-state index contributed by atoms with van der Waals surface area (Å²) in [4.78, 5) is 23.3. The van der Waals surface area contributed by atoms with Gasteiger partial charge in [-0.15, -0.1) is 11.3 Å². The summed E-state index contributed by atoms with van der Waals surface area (Å²) in [7, 11) is 1.59. The Hall–Kier alpha value is -2.67. The lowest BCUT2D eigenvalue weighted by Gasteiger charge is -2.18. The minimum Gasteiger partial charge on any atom is -0.497 e. The van der Waals surface area contributed by atoms with Crippen LogP contribution >= 0.6 is 11.3 Å². The van der Waals surface area contributed by atoms with Gasteiger partial charge in [0.25, 0.3) is 5.91 Å². The number of carbonyl (C=O) groups excluding carboxylic acids is 1. The lowest BCUT2D eigenvalue weighted by Crippen LogP contribution is -2.20. The van der Waals surface area contributed by atoms with E-state index in [0.29, 0.717) is 23.2 Å². The second-order valence-corrected chi connectivity index (χ2v) is 7.86. The van der Waals surface area contributed by atoms with Crippen molar-refractivity contribution in [2.45, 2.75) is 26.2 Å². The largest absolute Gasteiger partial charge is 0.497 e. The minimum atomic E-state index is -0.243. The number of fused-ring (bicyclic) bond motifs is 3. The molecule has 0 bridgehead atoms. The number of methoxy groups -OCH3 is 1. The van der Waals surface area contributed by atoms with Gasteiger partial charge >= 0.3 is 0 Å². The van der Waals surface area contributed by atoms with Crippen molar-refractivity contribution in [2.75, 3.05) is 19.0 Å². The molecule has 0 saturated carbocycles. The molecule has 1 aliphatic carbocycles. The molecule has 1 aliphatic rings. The highest BCUT2D eigenvalue weighted by atomic mass is 32.1. The van der Waals surface area contributed by atoms with Gasteiger partial charge in [0.1, 0.15) is 16.9 Å². The van der Waals surface area contributed by atoms with Crippen LogP contribution in [0.1, 0.15) is 23.8 Å². The van der Waals surface area contributed by atoms with Crippen LogP contribution in [0.25, 0.3) is 10.2 Å². The van der Waals surface area contributed by atoms with E-state index in [-0.39, 0.29) is 12.5 Å². The zero-order valence-electron chi connectivity index (χ0n) is 15.3. The highest BCUT2D eigenvalue weighted by molar-refractivity contribution is 7.18. The fraction of sp³-hybridized carbons (Fsp3) is 0.350. The van der Waals surface area contributed by atoms with Gasteiger partial charge in [0.2, 0.25) is 5.88 Å². The van der Waals surface area contributed by atoms with Crippen molar-refractivity contribution in [3.63, 3.8) is 0 Å². The smallest absolute Gasteiger partial charge is 0.262 e. The summed E-state index contributed by atoms with van der Waals surface area (Å²) in [6.07, 6.45) is 4.74. The molecule has 2 aromatic heterocycles. The molecule has 1 amide bonds. The first-order chi connectivity index (χ1) is 13.1. The maximum atomic E-state index is 12.3.